The second-order valence-electron chi connectivity index (χ2n) is 4.64. The van der Waals surface area contributed by atoms with Crippen LogP contribution in [0.25, 0.3) is 0 Å². The van der Waals surface area contributed by atoms with Gasteiger partial charge < -0.3 is 15.0 Å². The summed E-state index contributed by atoms with van der Waals surface area (Å²) in [6.45, 7) is 0.284. The van der Waals surface area contributed by atoms with Crippen LogP contribution in [0.3, 0.4) is 0 Å². The number of carbonyl (C=O) groups is 2. The van der Waals surface area contributed by atoms with Crippen LogP contribution in [0, 0.1) is 0 Å². The van der Waals surface area contributed by atoms with Crippen molar-refractivity contribution in [1.29, 1.82) is 0 Å². The van der Waals surface area contributed by atoms with Gasteiger partial charge >= 0.3 is 0 Å². The van der Waals surface area contributed by atoms with Crippen molar-refractivity contribution in [2.24, 2.45) is 0 Å². The molecule has 2 heterocycles. The average Bonchev–Trinajstić information content (AvgIpc) is 2.98. The average molecular weight is 287 g/mol. The molecule has 0 fully saturated rings. The lowest BCUT2D eigenvalue weighted by Crippen LogP contribution is -2.28. The molecule has 0 saturated heterocycles. The molecule has 0 atom stereocenters. The van der Waals surface area contributed by atoms with E-state index < -0.39 is 0 Å². The number of aromatic amines is 1. The molecule has 2 aromatic rings. The SMILES string of the molecule is CN(Cc1ncn[nH]1)C(=O)c1ccc2c(c1)OCC(=O)N2. The molecule has 1 aromatic heterocycles. The molecule has 0 saturated carbocycles. The number of benzene rings is 1. The summed E-state index contributed by atoms with van der Waals surface area (Å²) < 4.78 is 5.30. The van der Waals surface area contributed by atoms with Gasteiger partial charge in [0.15, 0.2) is 6.61 Å². The Balaban J connectivity index is 1.77. The number of carbonyl (C=O) groups excluding carboxylic acids is 2. The summed E-state index contributed by atoms with van der Waals surface area (Å²) in [5, 5.41) is 9.12. The Morgan fingerprint density at radius 3 is 3.10 bits per heavy atom. The highest BCUT2D eigenvalue weighted by molar-refractivity contribution is 5.98. The van der Waals surface area contributed by atoms with Gasteiger partial charge in [0, 0.05) is 12.6 Å². The number of H-pyrrole nitrogens is 1. The molecule has 8 nitrogen and oxygen atoms in total. The van der Waals surface area contributed by atoms with Crippen LogP contribution in [-0.4, -0.2) is 45.6 Å². The summed E-state index contributed by atoms with van der Waals surface area (Å²) in [4.78, 5) is 29.0. The number of hydrogen-bond acceptors (Lipinski definition) is 5. The lowest BCUT2D eigenvalue weighted by Gasteiger charge is -2.20. The Bertz CT molecular complexity index is 683. The minimum Gasteiger partial charge on any atom is -0.482 e. The van der Waals surface area contributed by atoms with Gasteiger partial charge in [0.05, 0.1) is 12.2 Å². The van der Waals surface area contributed by atoms with Crippen LogP contribution in [0.1, 0.15) is 16.2 Å². The van der Waals surface area contributed by atoms with Gasteiger partial charge in [-0.1, -0.05) is 0 Å². The first-order chi connectivity index (χ1) is 10.1. The number of nitrogens with one attached hydrogen (secondary N) is 2. The van der Waals surface area contributed by atoms with Gasteiger partial charge in [-0.05, 0) is 18.2 Å². The normalized spacial score (nSPS) is 13.1. The molecule has 2 N–H and O–H groups in total. The van der Waals surface area contributed by atoms with Crippen molar-refractivity contribution < 1.29 is 14.3 Å². The number of ether oxygens (including phenoxy) is 1. The second kappa shape index (κ2) is 5.23. The third-order valence-corrected chi connectivity index (χ3v) is 3.06. The lowest BCUT2D eigenvalue weighted by atomic mass is 10.1. The van der Waals surface area contributed by atoms with Gasteiger partial charge in [0.25, 0.3) is 11.8 Å². The first-order valence-electron chi connectivity index (χ1n) is 6.30. The summed E-state index contributed by atoms with van der Waals surface area (Å²) >= 11 is 0. The predicted octanol–water partition coefficient (Wildman–Crippen LogP) is 0.408. The smallest absolute Gasteiger partial charge is 0.262 e. The van der Waals surface area contributed by atoms with E-state index in [2.05, 4.69) is 20.5 Å². The third kappa shape index (κ3) is 2.69. The minimum atomic E-state index is -0.205. The zero-order chi connectivity index (χ0) is 14.8. The van der Waals surface area contributed by atoms with Crippen molar-refractivity contribution >= 4 is 17.5 Å². The second-order valence-corrected chi connectivity index (χ2v) is 4.64. The summed E-state index contributed by atoms with van der Waals surface area (Å²) in [6, 6.07) is 4.92. The zero-order valence-electron chi connectivity index (χ0n) is 11.3. The van der Waals surface area contributed by atoms with Crippen molar-refractivity contribution in [3.8, 4) is 5.75 Å². The first kappa shape index (κ1) is 13.1. The van der Waals surface area contributed by atoms with E-state index >= 15 is 0 Å². The van der Waals surface area contributed by atoms with Gasteiger partial charge in [-0.25, -0.2) is 4.98 Å². The topological polar surface area (TPSA) is 100 Å². The molecule has 0 bridgehead atoms. The fourth-order valence-corrected chi connectivity index (χ4v) is 2.03. The number of aromatic nitrogens is 3. The molecule has 108 valence electrons. The highest BCUT2D eigenvalue weighted by Crippen LogP contribution is 2.28. The Labute approximate surface area is 120 Å². The van der Waals surface area contributed by atoms with E-state index in [1.807, 2.05) is 0 Å². The summed E-state index contributed by atoms with van der Waals surface area (Å²) in [5.74, 6) is 0.722. The maximum absolute atomic E-state index is 12.3. The van der Waals surface area contributed by atoms with Gasteiger partial charge in [-0.3, -0.25) is 14.7 Å². The third-order valence-electron chi connectivity index (χ3n) is 3.06. The molecule has 21 heavy (non-hydrogen) atoms. The summed E-state index contributed by atoms with van der Waals surface area (Å²) in [7, 11) is 1.67. The van der Waals surface area contributed by atoms with Gasteiger partial charge in [0.1, 0.15) is 17.9 Å². The Morgan fingerprint density at radius 2 is 2.33 bits per heavy atom. The predicted molar refractivity (Wildman–Crippen MR) is 72.7 cm³/mol. The van der Waals surface area contributed by atoms with Gasteiger partial charge in [0.2, 0.25) is 0 Å². The maximum Gasteiger partial charge on any atom is 0.262 e. The van der Waals surface area contributed by atoms with Crippen LogP contribution in [0.4, 0.5) is 5.69 Å². The molecule has 0 unspecified atom stereocenters. The quantitative estimate of drug-likeness (QED) is 0.851. The molecule has 1 aliphatic heterocycles. The van der Waals surface area contributed by atoms with Crippen molar-refractivity contribution in [2.45, 2.75) is 6.54 Å². The van der Waals surface area contributed by atoms with E-state index in [0.717, 1.165) is 0 Å². The van der Waals surface area contributed by atoms with Crippen molar-refractivity contribution in [3.05, 3.63) is 35.9 Å². The zero-order valence-corrected chi connectivity index (χ0v) is 11.3. The Morgan fingerprint density at radius 1 is 1.48 bits per heavy atom. The summed E-state index contributed by atoms with van der Waals surface area (Å²) in [5.41, 5.74) is 1.05. The standard InChI is InChI=1S/C13H13N5O3/c1-18(5-11-14-7-15-17-11)13(20)8-2-3-9-10(4-8)21-6-12(19)16-9/h2-4,7H,5-6H2,1H3,(H,16,19)(H,14,15,17). The van der Waals surface area contributed by atoms with E-state index in [0.29, 0.717) is 29.4 Å². The van der Waals surface area contributed by atoms with Crippen LogP contribution in [0.15, 0.2) is 24.5 Å². The number of fused-ring (bicyclic) bond motifs is 1. The maximum atomic E-state index is 12.3. The fraction of sp³-hybridized carbons (Fsp3) is 0.231. The molecule has 1 aromatic carbocycles. The van der Waals surface area contributed by atoms with Gasteiger partial charge in [-0.15, -0.1) is 0 Å². The highest BCUT2D eigenvalue weighted by atomic mass is 16.5. The number of hydrogen-bond donors (Lipinski definition) is 2. The molecular formula is C13H13N5O3. The molecule has 2 amide bonds. The van der Waals surface area contributed by atoms with Crippen molar-refractivity contribution in [2.75, 3.05) is 19.0 Å². The largest absolute Gasteiger partial charge is 0.482 e. The lowest BCUT2D eigenvalue weighted by molar-refractivity contribution is -0.118. The Kier molecular flexibility index (Phi) is 3.27. The molecule has 3 rings (SSSR count). The molecule has 0 radical (unpaired) electrons. The van der Waals surface area contributed by atoms with Crippen LogP contribution >= 0.6 is 0 Å². The number of rotatable bonds is 3. The van der Waals surface area contributed by atoms with Gasteiger partial charge in [-0.2, -0.15) is 5.10 Å². The van der Waals surface area contributed by atoms with E-state index in [4.69, 9.17) is 4.74 Å². The van der Waals surface area contributed by atoms with Crippen molar-refractivity contribution in [3.63, 3.8) is 0 Å². The molecule has 1 aliphatic rings. The highest BCUT2D eigenvalue weighted by Gasteiger charge is 2.19. The molecular weight excluding hydrogens is 274 g/mol. The summed E-state index contributed by atoms with van der Waals surface area (Å²) in [6.07, 6.45) is 1.39. The molecule has 8 heteroatoms. The number of nitrogens with zero attached hydrogens (tertiary/aromatic N) is 3. The van der Waals surface area contributed by atoms with Crippen molar-refractivity contribution in [1.82, 2.24) is 20.1 Å². The van der Waals surface area contributed by atoms with E-state index in [1.165, 1.54) is 11.2 Å². The van der Waals surface area contributed by atoms with Crippen LogP contribution < -0.4 is 10.1 Å². The number of anilines is 1. The first-order valence-corrected chi connectivity index (χ1v) is 6.30. The van der Waals surface area contributed by atoms with E-state index in [-0.39, 0.29) is 18.4 Å². The van der Waals surface area contributed by atoms with Crippen LogP contribution in [0.2, 0.25) is 0 Å². The monoisotopic (exact) mass is 287 g/mol. The number of amides is 2. The van der Waals surface area contributed by atoms with E-state index in [9.17, 15) is 9.59 Å². The van der Waals surface area contributed by atoms with Crippen LogP contribution in [-0.2, 0) is 11.3 Å². The van der Waals surface area contributed by atoms with Crippen LogP contribution in [0.5, 0.6) is 5.75 Å². The fourth-order valence-electron chi connectivity index (χ4n) is 2.03. The van der Waals surface area contributed by atoms with E-state index in [1.54, 1.807) is 25.2 Å². The minimum absolute atomic E-state index is 0.0431. The Hall–Kier alpha value is -2.90. The molecule has 0 spiro atoms. The molecule has 0 aliphatic carbocycles.